The first-order valence-corrected chi connectivity index (χ1v) is 14.2. The highest BCUT2D eigenvalue weighted by Crippen LogP contribution is 2.72. The lowest BCUT2D eigenvalue weighted by molar-refractivity contribution is -0.118. The van der Waals surface area contributed by atoms with E-state index in [-0.39, 0.29) is 17.2 Å². The molecule has 2 amide bonds. The van der Waals surface area contributed by atoms with Crippen LogP contribution in [0, 0.1) is 13.8 Å². The molecular formula is C23H31ClN4O2S. The molecule has 4 rings (SSSR count). The van der Waals surface area contributed by atoms with Crippen LogP contribution in [-0.4, -0.2) is 41.0 Å². The van der Waals surface area contributed by atoms with Gasteiger partial charge < -0.3 is 10.6 Å². The van der Waals surface area contributed by atoms with Crippen LogP contribution in [0.4, 0.5) is 5.69 Å². The normalized spacial score (nSPS) is 25.0. The van der Waals surface area contributed by atoms with E-state index in [2.05, 4.69) is 27.1 Å². The number of rotatable bonds is 4. The first kappa shape index (κ1) is 22.1. The molecule has 2 heterocycles. The monoisotopic (exact) mass is 462 g/mol. The molecule has 31 heavy (non-hydrogen) atoms. The maximum absolute atomic E-state index is 13.4. The number of anilines is 1. The van der Waals surface area contributed by atoms with E-state index in [1.165, 1.54) is 0 Å². The van der Waals surface area contributed by atoms with E-state index < -0.39 is 15.4 Å². The Bertz CT molecular complexity index is 1040. The molecule has 2 saturated heterocycles. The summed E-state index contributed by atoms with van der Waals surface area (Å²) in [5.41, 5.74) is 6.63. The van der Waals surface area contributed by atoms with Crippen molar-refractivity contribution in [3.63, 3.8) is 0 Å². The van der Waals surface area contributed by atoms with Crippen LogP contribution in [-0.2, 0) is 4.79 Å². The van der Waals surface area contributed by atoms with Gasteiger partial charge in [-0.05, 0) is 79.8 Å². The second kappa shape index (κ2) is 8.13. The molecule has 0 aromatic heterocycles. The van der Waals surface area contributed by atoms with Crippen molar-refractivity contribution in [1.82, 2.24) is 15.6 Å². The van der Waals surface area contributed by atoms with E-state index >= 15 is 0 Å². The highest BCUT2D eigenvalue weighted by atomic mass is 35.5. The van der Waals surface area contributed by atoms with Gasteiger partial charge in [0.05, 0.1) is 5.37 Å². The molecule has 0 aliphatic carbocycles. The average molecular weight is 463 g/mol. The van der Waals surface area contributed by atoms with E-state index in [0.29, 0.717) is 10.6 Å². The number of carbonyl (C=O) groups is 2. The lowest BCUT2D eigenvalue weighted by Gasteiger charge is -2.56. The Morgan fingerprint density at radius 2 is 1.84 bits per heavy atom. The summed E-state index contributed by atoms with van der Waals surface area (Å²) >= 11 is 6.09. The van der Waals surface area contributed by atoms with Crippen LogP contribution in [0.2, 0.25) is 5.02 Å². The van der Waals surface area contributed by atoms with Crippen molar-refractivity contribution in [3.05, 3.63) is 64.2 Å². The fourth-order valence-corrected chi connectivity index (χ4v) is 10.5. The number of aryl methyl sites for hydroxylation is 2. The molecule has 2 fully saturated rings. The fraction of sp³-hybridized carbons (Fsp3) is 0.391. The van der Waals surface area contributed by atoms with E-state index in [4.69, 9.17) is 11.6 Å². The predicted molar refractivity (Wildman–Crippen MR) is 131 cm³/mol. The van der Waals surface area contributed by atoms with E-state index in [9.17, 15) is 9.59 Å². The van der Waals surface area contributed by atoms with Crippen LogP contribution >= 0.6 is 20.9 Å². The number of carbonyl (C=O) groups excluding carboxylic acids is 2. The Balaban J connectivity index is 1.62. The first-order valence-electron chi connectivity index (χ1n) is 10.7. The number of thiol groups is 1. The van der Waals surface area contributed by atoms with Gasteiger partial charge in [-0.15, -0.1) is 0 Å². The Hall–Kier alpha value is -2.06. The number of halogens is 1. The predicted octanol–water partition coefficient (Wildman–Crippen LogP) is 3.54. The van der Waals surface area contributed by atoms with Gasteiger partial charge in [-0.3, -0.25) is 9.59 Å². The number of benzene rings is 2. The molecule has 2 aromatic carbocycles. The van der Waals surface area contributed by atoms with Crippen LogP contribution < -0.4 is 20.9 Å². The van der Waals surface area contributed by atoms with Crippen molar-refractivity contribution in [2.45, 2.75) is 38.1 Å². The second-order valence-electron chi connectivity index (χ2n) is 9.27. The Morgan fingerprint density at radius 1 is 1.10 bits per heavy atom. The summed E-state index contributed by atoms with van der Waals surface area (Å²) in [7, 11) is -2.56. The lowest BCUT2D eigenvalue weighted by atomic mass is 10.1. The molecular weight excluding hydrogens is 432 g/mol. The maximum atomic E-state index is 13.4. The third-order valence-electron chi connectivity index (χ3n) is 6.79. The van der Waals surface area contributed by atoms with Crippen LogP contribution in [0.15, 0.2) is 42.5 Å². The third-order valence-corrected chi connectivity index (χ3v) is 13.0. The molecule has 6 nitrogen and oxygen atoms in total. The number of amides is 2. The molecule has 1 spiro atoms. The summed E-state index contributed by atoms with van der Waals surface area (Å²) in [4.78, 5) is 30.1. The van der Waals surface area contributed by atoms with Crippen molar-refractivity contribution in [1.29, 1.82) is 0 Å². The number of nitrogens with one attached hydrogen (secondary N) is 4. The largest absolute Gasteiger partial charge is 0.340 e. The second-order valence-corrected chi connectivity index (χ2v) is 15.7. The first-order chi connectivity index (χ1) is 14.7. The van der Waals surface area contributed by atoms with Crippen LogP contribution in [0.1, 0.15) is 34.3 Å². The molecule has 2 aliphatic heterocycles. The summed E-state index contributed by atoms with van der Waals surface area (Å²) in [6.45, 7) is 3.97. The summed E-state index contributed by atoms with van der Waals surface area (Å²) < 4.78 is 0. The smallest absolute Gasteiger partial charge is 0.252 e. The Kier molecular flexibility index (Phi) is 5.81. The summed E-state index contributed by atoms with van der Waals surface area (Å²) in [5.74, 6) is 1.63. The molecule has 2 aliphatic rings. The Morgan fingerprint density at radius 3 is 2.55 bits per heavy atom. The van der Waals surface area contributed by atoms with Crippen molar-refractivity contribution < 1.29 is 9.59 Å². The minimum Gasteiger partial charge on any atom is -0.340 e. The topological polar surface area (TPSA) is 82.3 Å². The SMILES string of the molecule is Cc1ccc(C)c(NC(=O)C2NN[SH]3(C)(CCCC3)C2NC(=O)c2cccc(Cl)c2)c1. The van der Waals surface area contributed by atoms with Gasteiger partial charge in [0.15, 0.2) is 0 Å². The number of hydrogen-bond acceptors (Lipinski definition) is 4. The average Bonchev–Trinajstić information content (AvgIpc) is 3.26. The van der Waals surface area contributed by atoms with Gasteiger partial charge >= 0.3 is 0 Å². The van der Waals surface area contributed by atoms with Gasteiger partial charge in [-0.1, -0.05) is 29.8 Å². The molecule has 0 bridgehead atoms. The molecule has 2 unspecified atom stereocenters. The van der Waals surface area contributed by atoms with E-state index in [1.807, 2.05) is 32.0 Å². The quantitative estimate of drug-likeness (QED) is 0.450. The van der Waals surface area contributed by atoms with Crippen molar-refractivity contribution in [2.75, 3.05) is 23.1 Å². The van der Waals surface area contributed by atoms with E-state index in [1.54, 1.807) is 24.3 Å². The molecule has 0 saturated carbocycles. The summed E-state index contributed by atoms with van der Waals surface area (Å²) in [5, 5.41) is 6.50. The van der Waals surface area contributed by atoms with Crippen molar-refractivity contribution in [2.24, 2.45) is 0 Å². The Labute approximate surface area is 188 Å². The molecule has 0 radical (unpaired) electrons. The summed E-state index contributed by atoms with van der Waals surface area (Å²) in [6, 6.07) is 12.3. The molecule has 2 atom stereocenters. The standard InChI is InChI=1S/C23H31ClN4O2S/c1-15-9-10-16(2)19(13-15)25-22(30)20-23(31(3,28-27-20)11-4-5-12-31)26-21(29)17-7-6-8-18(24)14-17/h6-10,13-14,20,23,27-28,31H,4-5,11-12H2,1-3H3,(H,25,30)(H,26,29). The van der Waals surface area contributed by atoms with Crippen LogP contribution in [0.25, 0.3) is 0 Å². The highest BCUT2D eigenvalue weighted by Gasteiger charge is 2.56. The zero-order valence-electron chi connectivity index (χ0n) is 18.2. The summed E-state index contributed by atoms with van der Waals surface area (Å²) in [6.07, 6.45) is 4.44. The zero-order chi connectivity index (χ0) is 22.2. The molecule has 168 valence electrons. The van der Waals surface area contributed by atoms with Gasteiger partial charge in [0.25, 0.3) is 5.91 Å². The van der Waals surface area contributed by atoms with Crippen molar-refractivity contribution in [3.8, 4) is 0 Å². The van der Waals surface area contributed by atoms with Gasteiger partial charge in [0.2, 0.25) is 5.91 Å². The van der Waals surface area contributed by atoms with Gasteiger partial charge in [0, 0.05) is 16.3 Å². The lowest BCUT2D eigenvalue weighted by Crippen LogP contribution is -2.53. The minimum absolute atomic E-state index is 0.146. The molecule has 8 heteroatoms. The molecule has 4 N–H and O–H groups in total. The minimum atomic E-state index is -2.56. The zero-order valence-corrected chi connectivity index (χ0v) is 19.8. The molecule has 2 aromatic rings. The third kappa shape index (κ3) is 4.20. The van der Waals surface area contributed by atoms with Gasteiger partial charge in [-0.2, -0.15) is 0 Å². The van der Waals surface area contributed by atoms with Crippen molar-refractivity contribution >= 4 is 38.4 Å². The van der Waals surface area contributed by atoms with Gasteiger partial charge in [-0.25, -0.2) is 19.6 Å². The van der Waals surface area contributed by atoms with Crippen LogP contribution in [0.5, 0.6) is 0 Å². The van der Waals surface area contributed by atoms with Gasteiger partial charge in [0.1, 0.15) is 6.04 Å². The fourth-order valence-electron chi connectivity index (χ4n) is 4.86. The number of hydrazine groups is 1. The number of hydrogen-bond donors (Lipinski definition) is 5. The maximum Gasteiger partial charge on any atom is 0.252 e. The van der Waals surface area contributed by atoms with E-state index in [0.717, 1.165) is 41.2 Å². The highest BCUT2D eigenvalue weighted by molar-refractivity contribution is 8.48. The van der Waals surface area contributed by atoms with Crippen LogP contribution in [0.3, 0.4) is 0 Å².